The van der Waals surface area contributed by atoms with Gasteiger partial charge < -0.3 is 85.9 Å². The summed E-state index contributed by atoms with van der Waals surface area (Å²) in [4.78, 5) is 167. The lowest BCUT2D eigenvalue weighted by molar-refractivity contribution is -0.339. The van der Waals surface area contributed by atoms with Crippen molar-refractivity contribution in [3.8, 4) is 0 Å². The number of hydrogen-bond donors (Lipinski definition) is 9. The molecule has 8 amide bonds. The third kappa shape index (κ3) is 19.6. The van der Waals surface area contributed by atoms with Crippen molar-refractivity contribution in [3.63, 3.8) is 0 Å². The molecule has 3 fully saturated rings. The average molecular weight is 1470 g/mol. The standard InChI is InChI=1S/C76H104N8O21/c1-42(2)52(86)28-21-29-57(89)81-59(43(3)4)66(93)80-51(27-22-34-78-68(77)95)65(92)79-49-32-30-46(31-33-49)40-100-70(97)83(13)35-36-84(14)71(98)103-62(60(48-25-19-16-20-26-48)82-69(96)105-72(7,8)9)67(94)102-54-39-76(99)50(37-53(87)47-23-17-15-18-24-47)63-74(12,64(91)61(90)58(44(54)5)73(76,10)11)55(88)38-56-75(63,41-101-56)104-45(6)85/h15-20,23-26,30-33,42-43,50-51,54-56,59-63,88,90,99H,21-22,27-29,34-41H2,1-14H3,(H,79,92)(H,80,93)(H,81,89)(H,82,96)(H3,77,78,95)/t50-,51-,54-,55-,56+,59-,60-,61+,62+,63-,74+,75-,76+/m0/s1. The Kier molecular flexibility index (Phi) is 27.4. The molecule has 3 aliphatic carbocycles. The lowest BCUT2D eigenvalue weighted by Gasteiger charge is -2.68. The number of nitrogens with zero attached hydrogens (tertiary/aromatic N) is 2. The second kappa shape index (κ2) is 34.7. The Morgan fingerprint density at radius 3 is 1.98 bits per heavy atom. The Labute approximate surface area is 612 Å². The van der Waals surface area contributed by atoms with Crippen LogP contribution in [0.25, 0.3) is 0 Å². The molecule has 574 valence electrons. The number of aliphatic hydroxyl groups is 3. The summed E-state index contributed by atoms with van der Waals surface area (Å²) in [6, 6.07) is 17.8. The highest BCUT2D eigenvalue weighted by molar-refractivity contribution is 5.99. The van der Waals surface area contributed by atoms with E-state index < -0.39 is 172 Å². The molecule has 13 atom stereocenters. The molecular formula is C76H104N8O21. The molecule has 0 aromatic heterocycles. The first-order valence-electron chi connectivity index (χ1n) is 35.5. The SMILES string of the molecule is CC(=O)O[C@@]12CO[C@@H]1C[C@H](O)[C@@]1(C)C(=O)[C@H](O)C3=C(C)[C@@H](OC(=O)[C@H](OC(=O)N(C)CCN(C)C(=O)OCc4ccc(NC(=O)[C@H](CCCNC(N)=O)NC(=O)[C@@H](NC(=O)CCCC(=O)C(C)C)C(C)C)cc4)[C@@H](NC(=O)OC(C)(C)C)c4ccccc4)C[C@@](O)([C@@H](CC(=O)c4ccccc4)[C@H]21)C3(C)C. The molecule has 7 rings (SSSR count). The van der Waals surface area contributed by atoms with Gasteiger partial charge in [-0.25, -0.2) is 24.0 Å². The monoisotopic (exact) mass is 1460 g/mol. The number of fused-ring (bicyclic) bond motifs is 5. The van der Waals surface area contributed by atoms with E-state index in [-0.39, 0.29) is 98.9 Å². The molecule has 0 unspecified atom stereocenters. The topological polar surface area (TPSA) is 414 Å². The molecule has 1 heterocycles. The summed E-state index contributed by atoms with van der Waals surface area (Å²) in [5, 5.41) is 52.3. The van der Waals surface area contributed by atoms with Crippen LogP contribution in [-0.4, -0.2) is 196 Å². The number of likely N-dealkylation sites (N-methyl/N-ethyl adjacent to an activating group) is 2. The smallest absolute Gasteiger partial charge is 0.410 e. The number of esters is 2. The van der Waals surface area contributed by atoms with Crippen LogP contribution < -0.4 is 32.3 Å². The predicted octanol–water partition coefficient (Wildman–Crippen LogP) is 6.68. The Morgan fingerprint density at radius 1 is 0.790 bits per heavy atom. The minimum absolute atomic E-state index is 0.0154. The number of primary amides is 1. The van der Waals surface area contributed by atoms with Gasteiger partial charge in [0.05, 0.1) is 23.7 Å². The minimum Gasteiger partial charge on any atom is -0.455 e. The summed E-state index contributed by atoms with van der Waals surface area (Å²) >= 11 is 0. The highest BCUT2D eigenvalue weighted by Gasteiger charge is 2.77. The van der Waals surface area contributed by atoms with Gasteiger partial charge in [0, 0.05) is 107 Å². The number of hydrogen-bond acceptors (Lipinski definition) is 21. The van der Waals surface area contributed by atoms with Crippen LogP contribution in [0.3, 0.4) is 0 Å². The van der Waals surface area contributed by atoms with E-state index in [0.717, 1.165) is 16.7 Å². The lowest BCUT2D eigenvalue weighted by Crippen LogP contribution is -2.80. The van der Waals surface area contributed by atoms with Crippen LogP contribution >= 0.6 is 0 Å². The molecule has 1 aliphatic heterocycles. The molecule has 105 heavy (non-hydrogen) atoms. The zero-order valence-corrected chi connectivity index (χ0v) is 62.4. The van der Waals surface area contributed by atoms with Crippen LogP contribution in [0, 0.1) is 34.5 Å². The van der Waals surface area contributed by atoms with Gasteiger partial charge in [0.25, 0.3) is 0 Å². The number of anilines is 1. The predicted molar refractivity (Wildman–Crippen MR) is 381 cm³/mol. The number of rotatable bonds is 30. The maximum Gasteiger partial charge on any atom is 0.410 e. The van der Waals surface area contributed by atoms with Crippen molar-refractivity contribution in [2.24, 2.45) is 40.2 Å². The molecule has 0 radical (unpaired) electrons. The molecule has 4 aliphatic rings. The van der Waals surface area contributed by atoms with Gasteiger partial charge in [0.2, 0.25) is 23.8 Å². The zero-order chi connectivity index (χ0) is 77.8. The summed E-state index contributed by atoms with van der Waals surface area (Å²) in [5.41, 5.74) is -2.32. The van der Waals surface area contributed by atoms with Crippen molar-refractivity contribution in [2.75, 3.05) is 45.7 Å². The summed E-state index contributed by atoms with van der Waals surface area (Å²) < 4.78 is 35.9. The maximum atomic E-state index is 15.5. The average Bonchev–Trinajstić information content (AvgIpc) is 0.670. The second-order valence-corrected chi connectivity index (χ2v) is 30.2. The highest BCUT2D eigenvalue weighted by atomic mass is 16.6. The number of amides is 8. The van der Waals surface area contributed by atoms with E-state index >= 15 is 9.59 Å². The summed E-state index contributed by atoms with van der Waals surface area (Å²) in [6.45, 7) is 18.2. The van der Waals surface area contributed by atoms with E-state index in [4.69, 9.17) is 34.2 Å². The van der Waals surface area contributed by atoms with Crippen LogP contribution in [0.4, 0.5) is 24.9 Å². The molecule has 2 bridgehead atoms. The van der Waals surface area contributed by atoms with Gasteiger partial charge in [-0.2, -0.15) is 0 Å². The number of alkyl carbamates (subject to hydrolysis) is 1. The summed E-state index contributed by atoms with van der Waals surface area (Å²) in [5.74, 6) is -8.60. The van der Waals surface area contributed by atoms with Crippen LogP contribution in [0.5, 0.6) is 0 Å². The molecule has 29 nitrogen and oxygen atoms in total. The van der Waals surface area contributed by atoms with Crippen LogP contribution in [-0.2, 0) is 68.6 Å². The van der Waals surface area contributed by atoms with E-state index in [1.54, 1.807) is 147 Å². The van der Waals surface area contributed by atoms with Crippen molar-refractivity contribution in [1.29, 1.82) is 0 Å². The van der Waals surface area contributed by atoms with Crippen LogP contribution in [0.1, 0.15) is 162 Å². The fourth-order valence-electron chi connectivity index (χ4n) is 14.7. The number of ether oxygens (including phenoxy) is 6. The molecule has 1 saturated heterocycles. The normalized spacial score (nSPS) is 24.2. The number of urea groups is 1. The molecule has 0 spiro atoms. The Bertz CT molecular complexity index is 3710. The van der Waals surface area contributed by atoms with Crippen LogP contribution in [0.15, 0.2) is 96.1 Å². The Morgan fingerprint density at radius 2 is 1.41 bits per heavy atom. The van der Waals surface area contributed by atoms with Crippen molar-refractivity contribution < 1.29 is 101 Å². The van der Waals surface area contributed by atoms with Crippen LogP contribution in [0.2, 0.25) is 0 Å². The first kappa shape index (κ1) is 83.0. The summed E-state index contributed by atoms with van der Waals surface area (Å²) in [6.07, 6.45) is -11.9. The molecule has 3 aromatic carbocycles. The first-order valence-corrected chi connectivity index (χ1v) is 35.5. The second-order valence-electron chi connectivity index (χ2n) is 30.2. The molecular weight excluding hydrogens is 1360 g/mol. The number of aliphatic hydroxyl groups excluding tert-OH is 2. The number of nitrogens with one attached hydrogen (secondary N) is 5. The number of benzene rings is 3. The number of Topliss-reactive ketones (excluding diaryl/α,β-unsaturated/α-hetero) is 3. The third-order valence-corrected chi connectivity index (χ3v) is 20.6. The highest BCUT2D eigenvalue weighted by Crippen LogP contribution is 2.66. The Balaban J connectivity index is 1.09. The van der Waals surface area contributed by atoms with Gasteiger partial charge in [-0.05, 0) is 94.2 Å². The number of carbonyl (C=O) groups is 12. The van der Waals surface area contributed by atoms with Gasteiger partial charge >= 0.3 is 36.2 Å². The largest absolute Gasteiger partial charge is 0.455 e. The van der Waals surface area contributed by atoms with Crippen molar-refractivity contribution in [3.05, 3.63) is 113 Å². The number of ketones is 3. The lowest BCUT2D eigenvalue weighted by atomic mass is 9.42. The first-order chi connectivity index (χ1) is 49.2. The maximum absolute atomic E-state index is 15.5. The quantitative estimate of drug-likeness (QED) is 0.0110. The fraction of sp³-hybridized carbons (Fsp3) is 0.579. The van der Waals surface area contributed by atoms with Gasteiger partial charge in [-0.3, -0.25) is 33.6 Å². The van der Waals surface area contributed by atoms with Gasteiger partial charge in [-0.1, -0.05) is 114 Å². The number of nitrogens with two attached hydrogens (primary N) is 1. The fourth-order valence-corrected chi connectivity index (χ4v) is 14.7. The van der Waals surface area contributed by atoms with Crippen molar-refractivity contribution >= 4 is 77.0 Å². The van der Waals surface area contributed by atoms with Gasteiger partial charge in [0.15, 0.2) is 17.2 Å². The molecule has 10 N–H and O–H groups in total. The van der Waals surface area contributed by atoms with Crippen molar-refractivity contribution in [2.45, 2.75) is 207 Å². The molecule has 3 aromatic rings. The van der Waals surface area contributed by atoms with Crippen molar-refractivity contribution in [1.82, 2.24) is 31.1 Å². The van der Waals surface area contributed by atoms with Gasteiger partial charge in [-0.15, -0.1) is 0 Å². The van der Waals surface area contributed by atoms with E-state index in [2.05, 4.69) is 26.6 Å². The molecule has 29 heteroatoms. The third-order valence-electron chi connectivity index (χ3n) is 20.6. The number of carbonyl (C=O) groups excluding carboxylic acids is 12. The summed E-state index contributed by atoms with van der Waals surface area (Å²) in [7, 11) is 2.72. The van der Waals surface area contributed by atoms with E-state index in [9.17, 15) is 63.3 Å². The minimum atomic E-state index is -2.31. The zero-order valence-electron chi connectivity index (χ0n) is 62.4. The Hall–Kier alpha value is -9.32. The van der Waals surface area contributed by atoms with Gasteiger partial charge in [0.1, 0.15) is 54.4 Å². The van der Waals surface area contributed by atoms with E-state index in [0.29, 0.717) is 17.7 Å². The van der Waals surface area contributed by atoms with E-state index in [1.807, 2.05) is 0 Å². The molecule has 2 saturated carbocycles. The van der Waals surface area contributed by atoms with E-state index in [1.165, 1.54) is 27.9 Å².